The van der Waals surface area contributed by atoms with Crippen LogP contribution in [-0.2, 0) is 9.47 Å². The zero-order valence-electron chi connectivity index (χ0n) is 12.1. The van der Waals surface area contributed by atoms with Gasteiger partial charge in [-0.05, 0) is 18.2 Å². The van der Waals surface area contributed by atoms with E-state index in [4.69, 9.17) is 14.2 Å². The van der Waals surface area contributed by atoms with Gasteiger partial charge in [-0.25, -0.2) is 0 Å². The fourth-order valence-electron chi connectivity index (χ4n) is 1.70. The van der Waals surface area contributed by atoms with Crippen molar-refractivity contribution in [2.24, 2.45) is 0 Å². The second-order valence-electron chi connectivity index (χ2n) is 4.16. The van der Waals surface area contributed by atoms with Gasteiger partial charge in [0.25, 0.3) is 5.91 Å². The monoisotopic (exact) mass is 283 g/mol. The number of carbonyl (C=O) groups is 1. The van der Waals surface area contributed by atoms with E-state index in [1.807, 2.05) is 0 Å². The maximum atomic E-state index is 12.4. The quantitative estimate of drug-likeness (QED) is 0.774. The van der Waals surface area contributed by atoms with Gasteiger partial charge in [0.1, 0.15) is 11.5 Å². The number of hydrogen-bond acceptors (Lipinski definition) is 5. The molecule has 0 bridgehead atoms. The summed E-state index contributed by atoms with van der Waals surface area (Å²) in [6, 6.07) is 4.56. The summed E-state index contributed by atoms with van der Waals surface area (Å²) in [5, 5.41) is 9.84. The molecule has 0 aromatic heterocycles. The van der Waals surface area contributed by atoms with Crippen LogP contribution in [0.1, 0.15) is 10.4 Å². The molecule has 6 heteroatoms. The molecule has 0 aliphatic carbocycles. The van der Waals surface area contributed by atoms with Gasteiger partial charge in [-0.2, -0.15) is 0 Å². The van der Waals surface area contributed by atoms with Gasteiger partial charge in [-0.1, -0.05) is 0 Å². The van der Waals surface area contributed by atoms with Gasteiger partial charge in [0.05, 0.1) is 25.9 Å². The van der Waals surface area contributed by atoms with Gasteiger partial charge in [0.15, 0.2) is 0 Å². The van der Waals surface area contributed by atoms with E-state index in [1.165, 1.54) is 19.2 Å². The minimum Gasteiger partial charge on any atom is -0.507 e. The molecule has 0 heterocycles. The summed E-state index contributed by atoms with van der Waals surface area (Å²) in [5.41, 5.74) is 0.205. The molecule has 1 N–H and O–H groups in total. The van der Waals surface area contributed by atoms with E-state index >= 15 is 0 Å². The predicted octanol–water partition coefficient (Wildman–Crippen LogP) is 1.14. The number of hydrogen-bond donors (Lipinski definition) is 1. The number of aromatic hydroxyl groups is 1. The van der Waals surface area contributed by atoms with Crippen LogP contribution in [0.4, 0.5) is 0 Å². The van der Waals surface area contributed by atoms with E-state index in [9.17, 15) is 9.90 Å². The van der Waals surface area contributed by atoms with Crippen molar-refractivity contribution >= 4 is 5.91 Å². The lowest BCUT2D eigenvalue weighted by Gasteiger charge is -2.22. The standard InChI is InChI=1S/C14H21NO5/c1-18-8-6-15(7-9-19-2)14(17)12-10-11(20-3)4-5-13(12)16/h4-5,10,16H,6-9H2,1-3H3. The molecule has 0 fully saturated rings. The maximum absolute atomic E-state index is 12.4. The van der Waals surface area contributed by atoms with E-state index in [0.717, 1.165) is 0 Å². The van der Waals surface area contributed by atoms with Crippen molar-refractivity contribution in [2.45, 2.75) is 0 Å². The zero-order valence-corrected chi connectivity index (χ0v) is 12.1. The topological polar surface area (TPSA) is 68.2 Å². The predicted molar refractivity (Wildman–Crippen MR) is 74.3 cm³/mol. The van der Waals surface area contributed by atoms with Crippen LogP contribution >= 0.6 is 0 Å². The summed E-state index contributed by atoms with van der Waals surface area (Å²) in [5.74, 6) is 0.163. The minimum absolute atomic E-state index is 0.0735. The number of ether oxygens (including phenoxy) is 3. The highest BCUT2D eigenvalue weighted by atomic mass is 16.5. The highest BCUT2D eigenvalue weighted by molar-refractivity contribution is 5.97. The summed E-state index contributed by atoms with van der Waals surface area (Å²) in [6.07, 6.45) is 0. The van der Waals surface area contributed by atoms with Crippen LogP contribution in [0.2, 0.25) is 0 Å². The number of methoxy groups -OCH3 is 3. The van der Waals surface area contributed by atoms with E-state index in [1.54, 1.807) is 25.2 Å². The number of phenolic OH excluding ortho intramolecular Hbond substituents is 1. The number of nitrogens with zero attached hydrogens (tertiary/aromatic N) is 1. The second kappa shape index (κ2) is 8.39. The molecule has 0 unspecified atom stereocenters. The molecule has 20 heavy (non-hydrogen) atoms. The summed E-state index contributed by atoms with van der Waals surface area (Å²) in [7, 11) is 4.65. The average Bonchev–Trinajstić information content (AvgIpc) is 2.47. The molecule has 0 atom stereocenters. The summed E-state index contributed by atoms with van der Waals surface area (Å²) in [6.45, 7) is 1.69. The van der Waals surface area contributed by atoms with Crippen molar-refractivity contribution in [3.63, 3.8) is 0 Å². The Balaban J connectivity index is 2.91. The molecule has 0 aliphatic rings. The van der Waals surface area contributed by atoms with Crippen LogP contribution in [0.15, 0.2) is 18.2 Å². The highest BCUT2D eigenvalue weighted by Crippen LogP contribution is 2.24. The smallest absolute Gasteiger partial charge is 0.257 e. The summed E-state index contributed by atoms with van der Waals surface area (Å²) in [4.78, 5) is 14.0. The van der Waals surface area contributed by atoms with Crippen molar-refractivity contribution in [1.82, 2.24) is 4.90 Å². The van der Waals surface area contributed by atoms with Crippen LogP contribution in [0.25, 0.3) is 0 Å². The first-order chi connectivity index (χ1) is 9.63. The largest absolute Gasteiger partial charge is 0.507 e. The molecular formula is C14H21NO5. The van der Waals surface area contributed by atoms with E-state index in [2.05, 4.69) is 0 Å². The third-order valence-corrected chi connectivity index (χ3v) is 2.85. The molecule has 1 aromatic rings. The van der Waals surface area contributed by atoms with Gasteiger partial charge in [0, 0.05) is 27.3 Å². The van der Waals surface area contributed by atoms with Crippen LogP contribution in [-0.4, -0.2) is 63.5 Å². The number of carbonyl (C=O) groups excluding carboxylic acids is 1. The molecule has 0 aliphatic heterocycles. The van der Waals surface area contributed by atoms with Crippen LogP contribution < -0.4 is 4.74 Å². The molecule has 1 amide bonds. The Hall–Kier alpha value is -1.79. The lowest BCUT2D eigenvalue weighted by atomic mass is 10.1. The Morgan fingerprint density at radius 2 is 1.75 bits per heavy atom. The Morgan fingerprint density at radius 3 is 2.25 bits per heavy atom. The van der Waals surface area contributed by atoms with Gasteiger partial charge >= 0.3 is 0 Å². The van der Waals surface area contributed by atoms with Crippen molar-refractivity contribution in [2.75, 3.05) is 47.6 Å². The lowest BCUT2D eigenvalue weighted by molar-refractivity contribution is 0.0624. The first kappa shape index (κ1) is 16.3. The molecule has 112 valence electrons. The van der Waals surface area contributed by atoms with E-state index < -0.39 is 0 Å². The summed E-state index contributed by atoms with van der Waals surface area (Å²) >= 11 is 0. The number of rotatable bonds is 8. The fourth-order valence-corrected chi connectivity index (χ4v) is 1.70. The third-order valence-electron chi connectivity index (χ3n) is 2.85. The SMILES string of the molecule is COCCN(CCOC)C(=O)c1cc(OC)ccc1O. The Bertz CT molecular complexity index is 428. The first-order valence-corrected chi connectivity index (χ1v) is 6.28. The summed E-state index contributed by atoms with van der Waals surface area (Å²) < 4.78 is 15.1. The second-order valence-corrected chi connectivity index (χ2v) is 4.16. The number of amides is 1. The molecular weight excluding hydrogens is 262 g/mol. The zero-order chi connectivity index (χ0) is 15.0. The molecule has 1 rings (SSSR count). The van der Waals surface area contributed by atoms with Crippen molar-refractivity contribution in [3.05, 3.63) is 23.8 Å². The van der Waals surface area contributed by atoms with E-state index in [-0.39, 0.29) is 17.2 Å². The average molecular weight is 283 g/mol. The Labute approximate surface area is 118 Å². The van der Waals surface area contributed by atoms with Crippen molar-refractivity contribution in [1.29, 1.82) is 0 Å². The Kier molecular flexibility index (Phi) is 6.83. The van der Waals surface area contributed by atoms with Crippen LogP contribution in [0, 0.1) is 0 Å². The van der Waals surface area contributed by atoms with Crippen molar-refractivity contribution in [3.8, 4) is 11.5 Å². The van der Waals surface area contributed by atoms with Crippen LogP contribution in [0.3, 0.4) is 0 Å². The van der Waals surface area contributed by atoms with Crippen LogP contribution in [0.5, 0.6) is 11.5 Å². The van der Waals surface area contributed by atoms with Gasteiger partial charge in [-0.3, -0.25) is 4.79 Å². The number of phenols is 1. The lowest BCUT2D eigenvalue weighted by Crippen LogP contribution is -2.36. The maximum Gasteiger partial charge on any atom is 0.257 e. The van der Waals surface area contributed by atoms with Crippen molar-refractivity contribution < 1.29 is 24.1 Å². The van der Waals surface area contributed by atoms with Gasteiger partial charge in [0.2, 0.25) is 0 Å². The molecule has 0 spiro atoms. The fraction of sp³-hybridized carbons (Fsp3) is 0.500. The third kappa shape index (κ3) is 4.40. The van der Waals surface area contributed by atoms with Gasteiger partial charge in [-0.15, -0.1) is 0 Å². The molecule has 0 radical (unpaired) electrons. The van der Waals surface area contributed by atoms with Gasteiger partial charge < -0.3 is 24.2 Å². The first-order valence-electron chi connectivity index (χ1n) is 6.28. The Morgan fingerprint density at radius 1 is 1.15 bits per heavy atom. The minimum atomic E-state index is -0.282. The van der Waals surface area contributed by atoms with E-state index in [0.29, 0.717) is 32.1 Å². The highest BCUT2D eigenvalue weighted by Gasteiger charge is 2.19. The molecule has 0 saturated carbocycles. The number of benzene rings is 1. The molecule has 0 saturated heterocycles. The molecule has 1 aromatic carbocycles. The molecule has 6 nitrogen and oxygen atoms in total. The normalized spacial score (nSPS) is 10.3.